The first-order valence-corrected chi connectivity index (χ1v) is 10.6. The molecule has 9 nitrogen and oxygen atoms in total. The second kappa shape index (κ2) is 13.4. The average molecular weight is 556 g/mol. The molecule has 0 aliphatic heterocycles. The van der Waals surface area contributed by atoms with Crippen LogP contribution in [-0.2, 0) is 0 Å². The number of hydrogen-bond donors (Lipinski definition) is 5. The number of aromatic hydroxyl groups is 3. The minimum atomic E-state index is -0.0340. The van der Waals surface area contributed by atoms with E-state index in [2.05, 4.69) is 31.3 Å². The van der Waals surface area contributed by atoms with Crippen molar-refractivity contribution in [3.63, 3.8) is 0 Å². The van der Waals surface area contributed by atoms with Gasteiger partial charge in [-0.3, -0.25) is 0 Å². The molecule has 35 heavy (non-hydrogen) atoms. The lowest BCUT2D eigenvalue weighted by molar-refractivity contribution is 0.474. The van der Waals surface area contributed by atoms with Crippen molar-refractivity contribution in [3.05, 3.63) is 86.4 Å². The fourth-order valence-electron chi connectivity index (χ4n) is 2.43. The fraction of sp³-hybridized carbons (Fsp3) is 0. The topological polar surface area (TPSA) is 134 Å². The molecular weight excluding hydrogens is 538 g/mol. The van der Waals surface area contributed by atoms with Crippen molar-refractivity contribution >= 4 is 71.8 Å². The molecule has 0 fully saturated rings. The number of phenols is 3. The summed E-state index contributed by atoms with van der Waals surface area (Å²) in [6.45, 7) is 0. The first-order valence-electron chi connectivity index (χ1n) is 9.46. The second-order valence-electron chi connectivity index (χ2n) is 6.54. The zero-order valence-electron chi connectivity index (χ0n) is 17.6. The van der Waals surface area contributed by atoms with E-state index in [0.717, 1.165) is 0 Å². The van der Waals surface area contributed by atoms with E-state index < -0.39 is 0 Å². The minimum Gasteiger partial charge on any atom is -0.507 e. The van der Waals surface area contributed by atoms with Gasteiger partial charge in [-0.15, -0.1) is 17.5 Å². The summed E-state index contributed by atoms with van der Waals surface area (Å²) < 4.78 is 0. The molecule has 0 radical (unpaired) electrons. The van der Waals surface area contributed by atoms with Crippen LogP contribution in [0, 0.1) is 0 Å². The van der Waals surface area contributed by atoms with Crippen LogP contribution in [0.5, 0.6) is 17.2 Å². The molecule has 13 heteroatoms. The molecule has 0 aliphatic carbocycles. The molecule has 3 aromatic carbocycles. The van der Waals surface area contributed by atoms with E-state index in [1.165, 1.54) is 73.2 Å². The SMILES string of the molecule is Cl.Oc1ccc(Cl)cc1/C=N/N=C(N/N=C/c1cc(Cl)ccc1O)N/N=C/c1cc(Cl)ccc1O. The summed E-state index contributed by atoms with van der Waals surface area (Å²) in [5.74, 6) is -0.112. The molecule has 0 heterocycles. The molecule has 3 rings (SSSR count). The molecule has 0 spiro atoms. The minimum absolute atomic E-state index is 0. The number of nitrogens with one attached hydrogen (secondary N) is 2. The first-order chi connectivity index (χ1) is 16.3. The van der Waals surface area contributed by atoms with Crippen LogP contribution < -0.4 is 10.9 Å². The standard InChI is InChI=1S/C22H17Cl3N6O3.ClH/c23-16-1-4-19(32)13(7-16)10-26-29-22(30-27-11-14-8-17(24)2-5-20(14)33)31-28-12-15-9-18(25)3-6-21(15)34;/h1-12,32-34H,(H2,29,30,31);1H/b26-10+,27-11+,28-12+;. The third kappa shape index (κ3) is 8.66. The van der Waals surface area contributed by atoms with Gasteiger partial charge in [0, 0.05) is 31.8 Å². The molecule has 0 saturated heterocycles. The first kappa shape index (κ1) is 27.7. The number of guanidine groups is 1. The van der Waals surface area contributed by atoms with Crippen molar-refractivity contribution < 1.29 is 15.3 Å². The summed E-state index contributed by atoms with van der Waals surface area (Å²) in [6, 6.07) is 13.4. The van der Waals surface area contributed by atoms with E-state index in [0.29, 0.717) is 31.8 Å². The molecule has 0 saturated carbocycles. The number of hydrogen-bond acceptors (Lipinski definition) is 7. The van der Waals surface area contributed by atoms with Crippen molar-refractivity contribution in [1.82, 2.24) is 10.9 Å². The number of rotatable bonds is 6. The summed E-state index contributed by atoms with van der Waals surface area (Å²) in [5.41, 5.74) is 6.24. The summed E-state index contributed by atoms with van der Waals surface area (Å²) in [6.07, 6.45) is 3.92. The molecule has 0 aromatic heterocycles. The van der Waals surface area contributed by atoms with Crippen LogP contribution in [0.1, 0.15) is 16.7 Å². The molecule has 0 unspecified atom stereocenters. The van der Waals surface area contributed by atoms with Crippen molar-refractivity contribution in [1.29, 1.82) is 0 Å². The molecular formula is C22H18Cl4N6O3. The Labute approximate surface area is 221 Å². The molecule has 0 aliphatic rings. The maximum atomic E-state index is 9.89. The second-order valence-corrected chi connectivity index (χ2v) is 7.85. The Balaban J connectivity index is 0.00000432. The van der Waals surface area contributed by atoms with Gasteiger partial charge >= 0.3 is 0 Å². The fourth-order valence-corrected chi connectivity index (χ4v) is 2.97. The molecule has 5 N–H and O–H groups in total. The highest BCUT2D eigenvalue weighted by Crippen LogP contribution is 2.21. The Morgan fingerprint density at radius 3 is 1.40 bits per heavy atom. The Morgan fingerprint density at radius 1 is 0.629 bits per heavy atom. The van der Waals surface area contributed by atoms with Gasteiger partial charge < -0.3 is 15.3 Å². The summed E-state index contributed by atoms with van der Waals surface area (Å²) in [4.78, 5) is 0. The lowest BCUT2D eigenvalue weighted by Crippen LogP contribution is -2.30. The maximum absolute atomic E-state index is 9.89. The Kier molecular flexibility index (Phi) is 10.6. The van der Waals surface area contributed by atoms with E-state index in [-0.39, 0.29) is 35.6 Å². The van der Waals surface area contributed by atoms with Crippen LogP contribution in [0.4, 0.5) is 0 Å². The molecule has 0 amide bonds. The predicted octanol–water partition coefficient (Wildman–Crippen LogP) is 5.12. The van der Waals surface area contributed by atoms with Gasteiger partial charge in [-0.2, -0.15) is 15.3 Å². The van der Waals surface area contributed by atoms with E-state index in [1.807, 2.05) is 0 Å². The smallest absolute Gasteiger partial charge is 0.257 e. The normalized spacial score (nSPS) is 11.1. The van der Waals surface area contributed by atoms with Gasteiger partial charge in [0.05, 0.1) is 18.6 Å². The maximum Gasteiger partial charge on any atom is 0.257 e. The highest BCUT2D eigenvalue weighted by Gasteiger charge is 2.02. The van der Waals surface area contributed by atoms with Gasteiger partial charge in [-0.05, 0) is 54.6 Å². The summed E-state index contributed by atoms with van der Waals surface area (Å²) in [5, 5.41) is 46.7. The molecule has 0 bridgehead atoms. The van der Waals surface area contributed by atoms with Gasteiger partial charge in [0.25, 0.3) is 5.96 Å². The summed E-state index contributed by atoms with van der Waals surface area (Å²) >= 11 is 17.8. The quantitative estimate of drug-likeness (QED) is 0.163. The van der Waals surface area contributed by atoms with Gasteiger partial charge in [0.2, 0.25) is 0 Å². The van der Waals surface area contributed by atoms with Gasteiger partial charge in [0.1, 0.15) is 17.2 Å². The van der Waals surface area contributed by atoms with E-state index in [9.17, 15) is 15.3 Å². The van der Waals surface area contributed by atoms with Gasteiger partial charge in [-0.25, -0.2) is 10.9 Å². The highest BCUT2D eigenvalue weighted by molar-refractivity contribution is 6.31. The zero-order valence-corrected chi connectivity index (χ0v) is 20.7. The van der Waals surface area contributed by atoms with Crippen LogP contribution in [0.3, 0.4) is 0 Å². The highest BCUT2D eigenvalue weighted by atomic mass is 35.5. The largest absolute Gasteiger partial charge is 0.507 e. The Hall–Kier alpha value is -3.50. The van der Waals surface area contributed by atoms with Crippen molar-refractivity contribution in [3.8, 4) is 17.2 Å². The lowest BCUT2D eigenvalue weighted by Gasteiger charge is -2.04. The van der Waals surface area contributed by atoms with E-state index in [1.54, 1.807) is 0 Å². The third-order valence-electron chi connectivity index (χ3n) is 4.07. The average Bonchev–Trinajstić information content (AvgIpc) is 2.80. The molecule has 3 aromatic rings. The number of hydrazone groups is 2. The Bertz CT molecular complexity index is 1230. The zero-order chi connectivity index (χ0) is 24.5. The van der Waals surface area contributed by atoms with Crippen LogP contribution in [-0.4, -0.2) is 39.9 Å². The number of benzene rings is 3. The predicted molar refractivity (Wildman–Crippen MR) is 143 cm³/mol. The number of nitrogens with zero attached hydrogens (tertiary/aromatic N) is 4. The van der Waals surface area contributed by atoms with Crippen LogP contribution >= 0.6 is 47.2 Å². The Morgan fingerprint density at radius 2 is 1.00 bits per heavy atom. The van der Waals surface area contributed by atoms with E-state index in [4.69, 9.17) is 34.8 Å². The third-order valence-corrected chi connectivity index (χ3v) is 4.78. The van der Waals surface area contributed by atoms with E-state index >= 15 is 0 Å². The van der Waals surface area contributed by atoms with Crippen LogP contribution in [0.25, 0.3) is 0 Å². The van der Waals surface area contributed by atoms with Crippen molar-refractivity contribution in [2.24, 2.45) is 20.4 Å². The summed E-state index contributed by atoms with van der Waals surface area (Å²) in [7, 11) is 0. The van der Waals surface area contributed by atoms with Crippen molar-refractivity contribution in [2.75, 3.05) is 0 Å². The van der Waals surface area contributed by atoms with Crippen molar-refractivity contribution in [2.45, 2.75) is 0 Å². The number of halogens is 4. The molecule has 182 valence electrons. The number of phenolic OH excluding ortho intramolecular Hbond substituents is 3. The van der Waals surface area contributed by atoms with Gasteiger partial charge in [-0.1, -0.05) is 34.8 Å². The van der Waals surface area contributed by atoms with Gasteiger partial charge in [0.15, 0.2) is 0 Å². The molecule has 0 atom stereocenters. The van der Waals surface area contributed by atoms with Crippen LogP contribution in [0.15, 0.2) is 75.0 Å². The lowest BCUT2D eigenvalue weighted by atomic mass is 10.2. The van der Waals surface area contributed by atoms with Crippen LogP contribution in [0.2, 0.25) is 15.1 Å². The monoisotopic (exact) mass is 554 g/mol.